The summed E-state index contributed by atoms with van der Waals surface area (Å²) in [4.78, 5) is 33.6. The molecule has 0 amide bonds. The van der Waals surface area contributed by atoms with Crippen LogP contribution in [-0.2, 0) is 25.9 Å². The second-order valence-electron chi connectivity index (χ2n) is 14.4. The monoisotopic (exact) mass is 792 g/mol. The molecular formula is C50H48N8O2. The summed E-state index contributed by atoms with van der Waals surface area (Å²) in [6.07, 6.45) is 24.9. The van der Waals surface area contributed by atoms with Crippen LogP contribution in [0.1, 0.15) is 81.5 Å². The summed E-state index contributed by atoms with van der Waals surface area (Å²) in [6, 6.07) is 35.7. The lowest BCUT2D eigenvalue weighted by molar-refractivity contribution is 0.0971. The number of benzene rings is 4. The van der Waals surface area contributed by atoms with Crippen LogP contribution in [0.25, 0.3) is 11.4 Å². The van der Waals surface area contributed by atoms with E-state index in [2.05, 4.69) is 62.3 Å². The number of carbonyl (C=O) groups excluding carboxylic acids is 2. The summed E-state index contributed by atoms with van der Waals surface area (Å²) in [5, 5.41) is 8.70. The summed E-state index contributed by atoms with van der Waals surface area (Å²) in [5.41, 5.74) is 7.52. The molecule has 0 N–H and O–H groups in total. The van der Waals surface area contributed by atoms with Gasteiger partial charge in [-0.25, -0.2) is 19.3 Å². The zero-order valence-corrected chi connectivity index (χ0v) is 33.6. The van der Waals surface area contributed by atoms with Crippen molar-refractivity contribution in [3.05, 3.63) is 205 Å². The number of Topliss-reactive ketones (excluding diaryl/α,β-unsaturated/α-hetero) is 2. The Kier molecular flexibility index (Phi) is 14.6. The highest BCUT2D eigenvalue weighted by Crippen LogP contribution is 2.21. The van der Waals surface area contributed by atoms with E-state index in [0.29, 0.717) is 18.4 Å². The van der Waals surface area contributed by atoms with Gasteiger partial charge in [0.2, 0.25) is 0 Å². The summed E-state index contributed by atoms with van der Waals surface area (Å²) in [5.74, 6) is 6.75. The van der Waals surface area contributed by atoms with Crippen LogP contribution in [0.15, 0.2) is 171 Å². The van der Waals surface area contributed by atoms with E-state index in [1.807, 2.05) is 124 Å². The largest absolute Gasteiger partial charge is 0.337 e. The first kappa shape index (κ1) is 40.8. The Morgan fingerprint density at radius 2 is 1.08 bits per heavy atom. The van der Waals surface area contributed by atoms with Crippen molar-refractivity contribution in [2.24, 2.45) is 0 Å². The Morgan fingerprint density at radius 1 is 0.517 bits per heavy atom. The minimum absolute atomic E-state index is 0.135. The number of unbranched alkanes of at least 4 members (excludes halogenated alkanes) is 2. The third-order valence-electron chi connectivity index (χ3n) is 10.1. The third kappa shape index (κ3) is 11.8. The maximum atomic E-state index is 12.8. The smallest absolute Gasteiger partial charge is 0.162 e. The van der Waals surface area contributed by atoms with Gasteiger partial charge in [-0.3, -0.25) is 9.59 Å². The molecule has 4 aromatic heterocycles. The first-order valence-corrected chi connectivity index (χ1v) is 20.4. The molecule has 0 spiro atoms. The molecule has 0 aliphatic heterocycles. The molecule has 0 bridgehead atoms. The molecule has 10 heteroatoms. The number of hydrogen-bond acceptors (Lipinski definition) is 6. The van der Waals surface area contributed by atoms with Crippen molar-refractivity contribution in [2.75, 3.05) is 0 Å². The fourth-order valence-corrected chi connectivity index (χ4v) is 6.89. The minimum atomic E-state index is 0.135. The van der Waals surface area contributed by atoms with Crippen molar-refractivity contribution in [3.8, 4) is 23.2 Å². The van der Waals surface area contributed by atoms with Crippen LogP contribution in [0.3, 0.4) is 0 Å². The van der Waals surface area contributed by atoms with E-state index in [-0.39, 0.29) is 11.6 Å². The molecule has 0 unspecified atom stereocenters. The summed E-state index contributed by atoms with van der Waals surface area (Å²) in [6.45, 7) is 1.77. The van der Waals surface area contributed by atoms with Gasteiger partial charge in [0.05, 0.1) is 29.6 Å². The van der Waals surface area contributed by atoms with E-state index in [9.17, 15) is 9.59 Å². The number of carbonyl (C=O) groups is 2. The molecule has 8 rings (SSSR count). The van der Waals surface area contributed by atoms with Crippen LogP contribution in [0.2, 0.25) is 0 Å². The van der Waals surface area contributed by atoms with Crippen molar-refractivity contribution in [1.82, 2.24) is 38.7 Å². The number of rotatable bonds is 17. The molecule has 0 atom stereocenters. The molecule has 10 nitrogen and oxygen atoms in total. The van der Waals surface area contributed by atoms with Gasteiger partial charge < -0.3 is 9.13 Å². The number of ketones is 2. The highest BCUT2D eigenvalue weighted by atomic mass is 16.1. The highest BCUT2D eigenvalue weighted by Gasteiger charge is 2.13. The fraction of sp³-hybridized carbons (Fsp3) is 0.200. The molecule has 0 aliphatic carbocycles. The second kappa shape index (κ2) is 21.4. The van der Waals surface area contributed by atoms with Gasteiger partial charge in [-0.2, -0.15) is 10.2 Å². The molecule has 0 aliphatic rings. The van der Waals surface area contributed by atoms with Gasteiger partial charge in [0.15, 0.2) is 11.6 Å². The first-order valence-electron chi connectivity index (χ1n) is 20.4. The van der Waals surface area contributed by atoms with Crippen LogP contribution >= 0.6 is 0 Å². The zero-order valence-electron chi connectivity index (χ0n) is 33.6. The first-order chi connectivity index (χ1) is 29.6. The predicted octanol–water partition coefficient (Wildman–Crippen LogP) is 9.43. The molecule has 0 saturated carbocycles. The van der Waals surface area contributed by atoms with Gasteiger partial charge in [0, 0.05) is 92.2 Å². The van der Waals surface area contributed by atoms with Crippen LogP contribution in [-0.4, -0.2) is 50.2 Å². The predicted molar refractivity (Wildman–Crippen MR) is 234 cm³/mol. The quantitative estimate of drug-likeness (QED) is 0.0517. The molecule has 0 saturated heterocycles. The van der Waals surface area contributed by atoms with Crippen molar-refractivity contribution in [3.63, 3.8) is 0 Å². The van der Waals surface area contributed by atoms with Crippen LogP contribution in [0.5, 0.6) is 0 Å². The van der Waals surface area contributed by atoms with Crippen molar-refractivity contribution < 1.29 is 9.59 Å². The molecular weight excluding hydrogens is 745 g/mol. The standard InChI is InChI=1S/C25H26N4O.C25H22N4O/c2*30-25(9-4-5-16-28-18-15-26-20-28)23-12-13-24(29-17-6-14-27-29)22(19-23)11-10-21-7-2-1-3-8-21/h1-3,6-8,12-15,17-20H,4-5,9-11,16H2;1-3,6-8,12-15,17-20H,4-5,9,16H2. The van der Waals surface area contributed by atoms with Crippen molar-refractivity contribution in [1.29, 1.82) is 0 Å². The molecule has 300 valence electrons. The number of imidazole rings is 2. The zero-order chi connectivity index (χ0) is 41.2. The third-order valence-corrected chi connectivity index (χ3v) is 10.1. The normalized spacial score (nSPS) is 10.7. The lowest BCUT2D eigenvalue weighted by atomic mass is 9.97. The average molecular weight is 793 g/mol. The minimum Gasteiger partial charge on any atom is -0.337 e. The van der Waals surface area contributed by atoms with Crippen molar-refractivity contribution in [2.45, 2.75) is 64.5 Å². The summed E-state index contributed by atoms with van der Waals surface area (Å²) >= 11 is 0. The molecule has 8 aromatic rings. The number of aromatic nitrogens is 8. The molecule has 4 heterocycles. The SMILES string of the molecule is O=C(CCCCn1ccnc1)c1ccc(-n2cccn2)c(C#Cc2ccccc2)c1.O=C(CCCCn1ccnc1)c1ccc(-n2cccn2)c(CCc2ccccc2)c1. The van der Waals surface area contributed by atoms with E-state index >= 15 is 0 Å². The van der Waals surface area contributed by atoms with E-state index < -0.39 is 0 Å². The van der Waals surface area contributed by atoms with Gasteiger partial charge in [-0.05, 0) is 110 Å². The van der Waals surface area contributed by atoms with Crippen LogP contribution < -0.4 is 0 Å². The molecule has 4 aromatic carbocycles. The summed E-state index contributed by atoms with van der Waals surface area (Å²) in [7, 11) is 0. The molecule has 60 heavy (non-hydrogen) atoms. The maximum absolute atomic E-state index is 12.8. The van der Waals surface area contributed by atoms with Crippen LogP contribution in [0.4, 0.5) is 0 Å². The Hall–Kier alpha value is -7.38. The van der Waals surface area contributed by atoms with Crippen molar-refractivity contribution >= 4 is 11.6 Å². The highest BCUT2D eigenvalue weighted by molar-refractivity contribution is 5.97. The topological polar surface area (TPSA) is 105 Å². The van der Waals surface area contributed by atoms with E-state index in [0.717, 1.165) is 85.2 Å². The van der Waals surface area contributed by atoms with E-state index in [4.69, 9.17) is 0 Å². The lowest BCUT2D eigenvalue weighted by Crippen LogP contribution is -2.06. The van der Waals surface area contributed by atoms with Gasteiger partial charge in [-0.1, -0.05) is 60.4 Å². The molecule has 0 radical (unpaired) electrons. The summed E-state index contributed by atoms with van der Waals surface area (Å²) < 4.78 is 7.72. The Balaban J connectivity index is 0.000000181. The maximum Gasteiger partial charge on any atom is 0.162 e. The number of nitrogens with zero attached hydrogens (tertiary/aromatic N) is 8. The van der Waals surface area contributed by atoms with Gasteiger partial charge in [0.1, 0.15) is 0 Å². The second-order valence-corrected chi connectivity index (χ2v) is 14.4. The Morgan fingerprint density at radius 3 is 1.65 bits per heavy atom. The van der Waals surface area contributed by atoms with Crippen LogP contribution in [0, 0.1) is 11.8 Å². The van der Waals surface area contributed by atoms with Gasteiger partial charge >= 0.3 is 0 Å². The van der Waals surface area contributed by atoms with Gasteiger partial charge in [-0.15, -0.1) is 0 Å². The number of hydrogen-bond donors (Lipinski definition) is 0. The lowest BCUT2D eigenvalue weighted by Gasteiger charge is -2.12. The van der Waals surface area contributed by atoms with E-state index in [1.165, 1.54) is 5.56 Å². The average Bonchev–Trinajstić information content (AvgIpc) is 4.16. The Bertz CT molecular complexity index is 2570. The van der Waals surface area contributed by atoms with Gasteiger partial charge in [0.25, 0.3) is 0 Å². The fourth-order valence-electron chi connectivity index (χ4n) is 6.89. The Labute approximate surface area is 351 Å². The molecule has 0 fully saturated rings. The van der Waals surface area contributed by atoms with E-state index in [1.54, 1.807) is 35.8 Å². The number of aryl methyl sites for hydroxylation is 4.